The molecule has 3 heteroatoms. The van der Waals surface area contributed by atoms with Crippen LogP contribution in [0.25, 0.3) is 11.1 Å². The number of carbonyl (C=O) groups is 2. The Morgan fingerprint density at radius 2 is 1.45 bits per heavy atom. The third kappa shape index (κ3) is 2.49. The van der Waals surface area contributed by atoms with Crippen LogP contribution in [0.5, 0.6) is 0 Å². The first-order chi connectivity index (χ1) is 10.7. The molecule has 0 atom stereocenters. The predicted octanol–water partition coefficient (Wildman–Crippen LogP) is 3.81. The lowest BCUT2D eigenvalue weighted by molar-refractivity contribution is 0.0600. The Bertz CT molecular complexity index is 806. The van der Waals surface area contributed by atoms with Crippen molar-refractivity contribution >= 4 is 11.8 Å². The number of benzene rings is 1. The van der Waals surface area contributed by atoms with Crippen LogP contribution in [0.3, 0.4) is 0 Å². The lowest BCUT2D eigenvalue weighted by atomic mass is 10.0. The van der Waals surface area contributed by atoms with Gasteiger partial charge in [-0.05, 0) is 29.3 Å². The van der Waals surface area contributed by atoms with Crippen LogP contribution in [0.2, 0.25) is 0 Å². The summed E-state index contributed by atoms with van der Waals surface area (Å²) in [5.41, 5.74) is 3.47. The van der Waals surface area contributed by atoms with Crippen molar-refractivity contribution in [2.45, 2.75) is 0 Å². The monoisotopic (exact) mass is 290 g/mol. The second kappa shape index (κ2) is 5.82. The maximum atomic E-state index is 12.6. The molecular weight excluding hydrogens is 276 g/mol. The Morgan fingerprint density at radius 1 is 0.773 bits per heavy atom. The topological polar surface area (TPSA) is 43.4 Å². The van der Waals surface area contributed by atoms with Gasteiger partial charge in [0.25, 0.3) is 0 Å². The molecule has 1 aromatic carbocycles. The maximum absolute atomic E-state index is 12.6. The molecule has 2 aliphatic rings. The number of hydrogen-bond donors (Lipinski definition) is 0. The van der Waals surface area contributed by atoms with Crippen molar-refractivity contribution in [1.29, 1.82) is 0 Å². The Labute approximate surface area is 128 Å². The summed E-state index contributed by atoms with van der Waals surface area (Å²) < 4.78 is 4.72. The molecular formula is C19H14O3. The highest BCUT2D eigenvalue weighted by Gasteiger charge is 2.17. The van der Waals surface area contributed by atoms with Crippen molar-refractivity contribution in [1.82, 2.24) is 0 Å². The van der Waals surface area contributed by atoms with Crippen LogP contribution in [-0.2, 0) is 4.74 Å². The van der Waals surface area contributed by atoms with E-state index in [1.807, 2.05) is 36.4 Å². The standard InChI is InChI=1S/C19H14O3/c1-22-19(21)15-8-7-13-9-12-17(16(13)11-10-15)18(20)14-5-3-2-4-6-14/h2-12H,1H3. The number of rotatable bonds is 3. The third-order valence-electron chi connectivity index (χ3n) is 3.60. The Morgan fingerprint density at radius 3 is 2.18 bits per heavy atom. The minimum atomic E-state index is -0.395. The fourth-order valence-corrected chi connectivity index (χ4v) is 2.44. The molecule has 0 saturated heterocycles. The fraction of sp³-hybridized carbons (Fsp3) is 0.0526. The van der Waals surface area contributed by atoms with E-state index in [-0.39, 0.29) is 5.78 Å². The third-order valence-corrected chi connectivity index (χ3v) is 3.60. The molecule has 0 spiro atoms. The van der Waals surface area contributed by atoms with E-state index in [0.29, 0.717) is 16.7 Å². The highest BCUT2D eigenvalue weighted by Crippen LogP contribution is 2.29. The molecule has 22 heavy (non-hydrogen) atoms. The summed E-state index contributed by atoms with van der Waals surface area (Å²) in [5.74, 6) is -0.421. The normalized spacial score (nSPS) is 10.4. The van der Waals surface area contributed by atoms with E-state index in [9.17, 15) is 9.59 Å². The number of esters is 1. The van der Waals surface area contributed by atoms with Gasteiger partial charge in [-0.15, -0.1) is 0 Å². The first-order valence-electron chi connectivity index (χ1n) is 6.91. The van der Waals surface area contributed by atoms with E-state index in [4.69, 9.17) is 4.74 Å². The lowest BCUT2D eigenvalue weighted by Gasteiger charge is -2.01. The van der Waals surface area contributed by atoms with Crippen LogP contribution < -0.4 is 0 Å². The van der Waals surface area contributed by atoms with Gasteiger partial charge in [-0.1, -0.05) is 48.5 Å². The van der Waals surface area contributed by atoms with Crippen LogP contribution in [-0.4, -0.2) is 18.9 Å². The highest BCUT2D eigenvalue weighted by atomic mass is 16.5. The molecule has 0 aliphatic heterocycles. The number of carbonyl (C=O) groups excluding carboxylic acids is 2. The molecule has 0 fully saturated rings. The van der Waals surface area contributed by atoms with Crippen molar-refractivity contribution in [3.8, 4) is 11.1 Å². The van der Waals surface area contributed by atoms with Crippen molar-refractivity contribution in [3.05, 3.63) is 83.4 Å². The summed E-state index contributed by atoms with van der Waals surface area (Å²) in [6, 6.07) is 19.8. The van der Waals surface area contributed by atoms with Crippen molar-refractivity contribution < 1.29 is 14.3 Å². The van der Waals surface area contributed by atoms with E-state index < -0.39 is 5.97 Å². The molecule has 0 bridgehead atoms. The first-order valence-corrected chi connectivity index (χ1v) is 6.91. The zero-order valence-electron chi connectivity index (χ0n) is 12.1. The van der Waals surface area contributed by atoms with E-state index in [2.05, 4.69) is 0 Å². The Balaban J connectivity index is 2.06. The molecule has 108 valence electrons. The average molecular weight is 290 g/mol. The molecule has 3 nitrogen and oxygen atoms in total. The van der Waals surface area contributed by atoms with Gasteiger partial charge in [-0.2, -0.15) is 0 Å². The zero-order chi connectivity index (χ0) is 15.5. The maximum Gasteiger partial charge on any atom is 0.337 e. The van der Waals surface area contributed by atoms with Gasteiger partial charge in [0.1, 0.15) is 0 Å². The Hall–Kier alpha value is -2.94. The molecule has 0 saturated carbocycles. The second-order valence-electron chi connectivity index (χ2n) is 4.92. The smallest absolute Gasteiger partial charge is 0.337 e. The van der Waals surface area contributed by atoms with Crippen LogP contribution in [0.1, 0.15) is 26.3 Å². The molecule has 3 rings (SSSR count). The minimum Gasteiger partial charge on any atom is -0.465 e. The average Bonchev–Trinajstić information content (AvgIpc) is 2.85. The summed E-state index contributed by atoms with van der Waals surface area (Å²) in [7, 11) is 1.35. The van der Waals surface area contributed by atoms with E-state index in [1.54, 1.807) is 30.3 Å². The molecule has 0 N–H and O–H groups in total. The summed E-state index contributed by atoms with van der Waals surface area (Å²) in [6.07, 6.45) is 0. The minimum absolute atomic E-state index is 0.0265. The number of fused-ring (bicyclic) bond motifs is 1. The van der Waals surface area contributed by atoms with Crippen LogP contribution in [0.15, 0.2) is 66.7 Å². The van der Waals surface area contributed by atoms with Crippen LogP contribution in [0, 0.1) is 0 Å². The van der Waals surface area contributed by atoms with Crippen LogP contribution in [0.4, 0.5) is 0 Å². The van der Waals surface area contributed by atoms with Crippen molar-refractivity contribution in [3.63, 3.8) is 0 Å². The van der Waals surface area contributed by atoms with E-state index in [0.717, 1.165) is 11.1 Å². The largest absolute Gasteiger partial charge is 0.465 e. The first kappa shape index (κ1) is 14.0. The summed E-state index contributed by atoms with van der Waals surface area (Å²) in [5, 5.41) is 0. The number of ether oxygens (including phenoxy) is 1. The summed E-state index contributed by atoms with van der Waals surface area (Å²) in [6.45, 7) is 0. The van der Waals surface area contributed by atoms with Crippen molar-refractivity contribution in [2.75, 3.05) is 7.11 Å². The van der Waals surface area contributed by atoms with Gasteiger partial charge in [0, 0.05) is 11.1 Å². The quantitative estimate of drug-likeness (QED) is 0.544. The SMILES string of the molecule is COC(=O)c1ccc2ccc(C(=O)c3ccccc3)c-2cc1. The molecule has 0 unspecified atom stereocenters. The van der Waals surface area contributed by atoms with E-state index in [1.165, 1.54) is 7.11 Å². The van der Waals surface area contributed by atoms with Gasteiger partial charge >= 0.3 is 5.97 Å². The van der Waals surface area contributed by atoms with Gasteiger partial charge in [-0.25, -0.2) is 4.79 Å². The van der Waals surface area contributed by atoms with Gasteiger partial charge in [-0.3, -0.25) is 4.79 Å². The van der Waals surface area contributed by atoms with Gasteiger partial charge in [0.15, 0.2) is 5.78 Å². The second-order valence-corrected chi connectivity index (χ2v) is 4.92. The molecule has 0 aromatic heterocycles. The highest BCUT2D eigenvalue weighted by molar-refractivity contribution is 6.13. The molecule has 0 radical (unpaired) electrons. The van der Waals surface area contributed by atoms with Crippen molar-refractivity contribution in [2.24, 2.45) is 0 Å². The zero-order valence-corrected chi connectivity index (χ0v) is 12.1. The molecule has 0 heterocycles. The molecule has 0 amide bonds. The summed E-state index contributed by atoms with van der Waals surface area (Å²) >= 11 is 0. The predicted molar refractivity (Wildman–Crippen MR) is 84.3 cm³/mol. The number of methoxy groups -OCH3 is 1. The number of hydrogen-bond acceptors (Lipinski definition) is 3. The summed E-state index contributed by atoms with van der Waals surface area (Å²) in [4.78, 5) is 24.2. The van der Waals surface area contributed by atoms with Gasteiger partial charge in [0.05, 0.1) is 12.7 Å². The molecule has 1 aromatic rings. The lowest BCUT2D eigenvalue weighted by Crippen LogP contribution is -2.00. The fourth-order valence-electron chi connectivity index (χ4n) is 2.44. The van der Waals surface area contributed by atoms with Gasteiger partial charge in [0.2, 0.25) is 0 Å². The number of ketones is 1. The van der Waals surface area contributed by atoms with E-state index >= 15 is 0 Å². The molecule has 2 aliphatic carbocycles. The Kier molecular flexibility index (Phi) is 3.71. The van der Waals surface area contributed by atoms with Crippen LogP contribution >= 0.6 is 0 Å². The van der Waals surface area contributed by atoms with Gasteiger partial charge < -0.3 is 4.74 Å².